The Morgan fingerprint density at radius 3 is 2.06 bits per heavy atom. The molecule has 2 aromatic rings. The molecule has 1 aliphatic rings. The molecule has 0 bridgehead atoms. The van der Waals surface area contributed by atoms with E-state index in [1.807, 2.05) is 0 Å². The molecular formula is C24H29N7O3. The lowest BCUT2D eigenvalue weighted by molar-refractivity contribution is -0.120. The molecular weight excluding hydrogens is 434 g/mol. The van der Waals surface area contributed by atoms with E-state index in [0.29, 0.717) is 60.4 Å². The van der Waals surface area contributed by atoms with Gasteiger partial charge in [0.2, 0.25) is 5.91 Å². The fourth-order valence-electron chi connectivity index (χ4n) is 3.51. The van der Waals surface area contributed by atoms with Crippen LogP contribution in [0.5, 0.6) is 0 Å². The third-order valence-corrected chi connectivity index (χ3v) is 5.19. The number of rotatable bonds is 9. The highest BCUT2D eigenvalue weighted by atomic mass is 16.2. The van der Waals surface area contributed by atoms with Crippen LogP contribution in [-0.4, -0.2) is 55.6 Å². The molecule has 0 aromatic heterocycles. The first-order valence-corrected chi connectivity index (χ1v) is 11.1. The molecule has 0 unspecified atom stereocenters. The van der Waals surface area contributed by atoms with Crippen LogP contribution in [0.25, 0.3) is 0 Å². The van der Waals surface area contributed by atoms with E-state index >= 15 is 0 Å². The van der Waals surface area contributed by atoms with Crippen molar-refractivity contribution in [3.8, 4) is 0 Å². The van der Waals surface area contributed by atoms with Gasteiger partial charge in [-0.1, -0.05) is 36.4 Å². The Morgan fingerprint density at radius 1 is 0.824 bits per heavy atom. The highest BCUT2D eigenvalue weighted by Gasteiger charge is 2.29. The van der Waals surface area contributed by atoms with Crippen LogP contribution in [0.15, 0.2) is 52.4 Å². The predicted molar refractivity (Wildman–Crippen MR) is 131 cm³/mol. The van der Waals surface area contributed by atoms with Gasteiger partial charge in [0.05, 0.1) is 6.42 Å². The monoisotopic (exact) mass is 463 g/mol. The second kappa shape index (κ2) is 11.7. The van der Waals surface area contributed by atoms with Crippen LogP contribution in [-0.2, 0) is 11.2 Å². The standard InChI is InChI=1S/C24H29N7O3/c25-9-3-10-29-23(26)31-24(27)30-12-4-11-28-20(32)14-15-7-8-18-19(13-15)22(34)17-6-2-1-5-16(17)21(18)33/h1-2,5-8,13H,3-4,9-12,14,25H2,(H,28,32)(H5,26,27,29,30,31). The molecule has 0 heterocycles. The number of fused-ring (bicyclic) bond motifs is 2. The largest absolute Gasteiger partial charge is 0.370 e. The molecule has 0 aliphatic heterocycles. The second-order valence-corrected chi connectivity index (χ2v) is 7.77. The van der Waals surface area contributed by atoms with E-state index in [1.54, 1.807) is 42.5 Å². The summed E-state index contributed by atoms with van der Waals surface area (Å²) >= 11 is 0. The number of nitrogens with zero attached hydrogens (tertiary/aromatic N) is 2. The van der Waals surface area contributed by atoms with Gasteiger partial charge in [-0.15, -0.1) is 0 Å². The normalized spacial score (nSPS) is 13.3. The van der Waals surface area contributed by atoms with E-state index in [9.17, 15) is 14.4 Å². The number of amides is 1. The number of hydrogen-bond acceptors (Lipinski definition) is 6. The lowest BCUT2D eigenvalue weighted by Gasteiger charge is -2.18. The van der Waals surface area contributed by atoms with Gasteiger partial charge in [0.15, 0.2) is 23.5 Å². The van der Waals surface area contributed by atoms with Crippen molar-refractivity contribution < 1.29 is 14.4 Å². The van der Waals surface area contributed by atoms with Gasteiger partial charge in [0.25, 0.3) is 0 Å². The Labute approximate surface area is 197 Å². The zero-order valence-electron chi connectivity index (χ0n) is 18.8. The number of nitrogens with one attached hydrogen (secondary N) is 2. The number of hydrogen-bond donors (Lipinski definition) is 5. The van der Waals surface area contributed by atoms with E-state index in [4.69, 9.17) is 17.2 Å². The van der Waals surface area contributed by atoms with Gasteiger partial charge < -0.3 is 22.5 Å². The molecule has 1 aliphatic carbocycles. The highest BCUT2D eigenvalue weighted by molar-refractivity contribution is 6.28. The van der Waals surface area contributed by atoms with Crippen molar-refractivity contribution in [2.24, 2.45) is 27.2 Å². The molecule has 10 heteroatoms. The van der Waals surface area contributed by atoms with Crippen molar-refractivity contribution in [3.05, 3.63) is 70.3 Å². The lowest BCUT2D eigenvalue weighted by atomic mass is 9.83. The summed E-state index contributed by atoms with van der Waals surface area (Å²) in [5, 5.41) is 5.50. The van der Waals surface area contributed by atoms with E-state index in [1.165, 1.54) is 0 Å². The summed E-state index contributed by atoms with van der Waals surface area (Å²) in [7, 11) is 0. The average Bonchev–Trinajstić information content (AvgIpc) is 2.82. The summed E-state index contributed by atoms with van der Waals surface area (Å²) in [6, 6.07) is 11.7. The molecule has 0 saturated carbocycles. The number of ketones is 2. The Hall–Kier alpha value is -4.05. The average molecular weight is 464 g/mol. The fourth-order valence-corrected chi connectivity index (χ4v) is 3.51. The minimum atomic E-state index is -0.207. The number of carbonyl (C=O) groups excluding carboxylic acids is 3. The number of nitrogens with two attached hydrogens (primary N) is 3. The quantitative estimate of drug-likeness (QED) is 0.169. The molecule has 0 fully saturated rings. The number of guanidine groups is 2. The van der Waals surface area contributed by atoms with Crippen LogP contribution < -0.4 is 27.8 Å². The SMILES string of the molecule is NCCCN=C(N)NC(N)=NCCCNC(=O)Cc1ccc2c(c1)C(=O)c1ccccc1C2=O. The first kappa shape index (κ1) is 24.6. The van der Waals surface area contributed by atoms with E-state index in [-0.39, 0.29) is 35.8 Å². The van der Waals surface area contributed by atoms with Gasteiger partial charge >= 0.3 is 0 Å². The molecule has 0 atom stereocenters. The van der Waals surface area contributed by atoms with Gasteiger partial charge in [-0.25, -0.2) is 0 Å². The van der Waals surface area contributed by atoms with Crippen molar-refractivity contribution in [3.63, 3.8) is 0 Å². The maximum Gasteiger partial charge on any atom is 0.224 e. The van der Waals surface area contributed by atoms with Gasteiger partial charge in [0.1, 0.15) is 0 Å². The maximum absolute atomic E-state index is 12.8. The molecule has 3 rings (SSSR count). The van der Waals surface area contributed by atoms with Crippen LogP contribution in [0.3, 0.4) is 0 Å². The van der Waals surface area contributed by atoms with Gasteiger partial charge in [-0.2, -0.15) is 0 Å². The number of carbonyl (C=O) groups is 3. The first-order chi connectivity index (χ1) is 16.4. The van der Waals surface area contributed by atoms with E-state index in [2.05, 4.69) is 20.6 Å². The third kappa shape index (κ3) is 6.26. The second-order valence-electron chi connectivity index (χ2n) is 7.77. The smallest absolute Gasteiger partial charge is 0.224 e. The van der Waals surface area contributed by atoms with Crippen molar-refractivity contribution >= 4 is 29.4 Å². The number of aliphatic imine (C=N–C) groups is 2. The van der Waals surface area contributed by atoms with Gasteiger partial charge in [-0.05, 0) is 31.0 Å². The van der Waals surface area contributed by atoms with E-state index in [0.717, 1.165) is 6.42 Å². The molecule has 0 spiro atoms. The van der Waals surface area contributed by atoms with E-state index < -0.39 is 0 Å². The molecule has 8 N–H and O–H groups in total. The molecule has 34 heavy (non-hydrogen) atoms. The Morgan fingerprint density at radius 2 is 1.41 bits per heavy atom. The summed E-state index contributed by atoms with van der Waals surface area (Å²) in [5.41, 5.74) is 19.0. The maximum atomic E-state index is 12.8. The van der Waals surface area contributed by atoms with Crippen molar-refractivity contribution in [1.29, 1.82) is 0 Å². The van der Waals surface area contributed by atoms with Gasteiger partial charge in [-0.3, -0.25) is 29.7 Å². The molecule has 178 valence electrons. The molecule has 0 radical (unpaired) electrons. The van der Waals surface area contributed by atoms with Crippen LogP contribution in [0.2, 0.25) is 0 Å². The van der Waals surface area contributed by atoms with Crippen molar-refractivity contribution in [1.82, 2.24) is 10.6 Å². The minimum Gasteiger partial charge on any atom is -0.370 e. The lowest BCUT2D eigenvalue weighted by Crippen LogP contribution is -2.42. The van der Waals surface area contributed by atoms with Crippen LogP contribution in [0.4, 0.5) is 0 Å². The van der Waals surface area contributed by atoms with Crippen molar-refractivity contribution in [2.45, 2.75) is 19.3 Å². The Balaban J connectivity index is 1.47. The molecule has 0 saturated heterocycles. The van der Waals surface area contributed by atoms with Crippen LogP contribution >= 0.6 is 0 Å². The Kier molecular flexibility index (Phi) is 8.47. The molecule has 1 amide bonds. The predicted octanol–water partition coefficient (Wildman–Crippen LogP) is 0.0786. The van der Waals surface area contributed by atoms with Crippen LogP contribution in [0, 0.1) is 0 Å². The minimum absolute atomic E-state index is 0.0964. The third-order valence-electron chi connectivity index (χ3n) is 5.19. The summed E-state index contributed by atoms with van der Waals surface area (Å²) in [5.74, 6) is -0.256. The summed E-state index contributed by atoms with van der Waals surface area (Å²) < 4.78 is 0. The highest BCUT2D eigenvalue weighted by Crippen LogP contribution is 2.27. The topological polar surface area (TPSA) is 178 Å². The summed E-state index contributed by atoms with van der Waals surface area (Å²) in [6.07, 6.45) is 1.40. The molecule has 2 aromatic carbocycles. The Bertz CT molecular complexity index is 1140. The van der Waals surface area contributed by atoms with Crippen LogP contribution in [0.1, 0.15) is 50.2 Å². The zero-order chi connectivity index (χ0) is 24.5. The zero-order valence-corrected chi connectivity index (χ0v) is 18.8. The van der Waals surface area contributed by atoms with Crippen molar-refractivity contribution in [2.75, 3.05) is 26.2 Å². The summed E-state index contributed by atoms with van der Waals surface area (Å²) in [4.78, 5) is 46.0. The fraction of sp³-hybridized carbons (Fsp3) is 0.292. The number of benzene rings is 2. The first-order valence-electron chi connectivity index (χ1n) is 11.1. The molecule has 10 nitrogen and oxygen atoms in total. The van der Waals surface area contributed by atoms with Gasteiger partial charge in [0, 0.05) is 41.9 Å². The summed E-state index contributed by atoms with van der Waals surface area (Å²) in [6.45, 7) is 1.84.